The number of nitrogens with zero attached hydrogens (tertiary/aromatic N) is 4. The number of aryl methyl sites for hydroxylation is 1. The minimum absolute atomic E-state index is 0.185. The molecule has 0 aliphatic rings. The van der Waals surface area contributed by atoms with Crippen LogP contribution in [0.15, 0.2) is 39.1 Å². The summed E-state index contributed by atoms with van der Waals surface area (Å²) in [4.78, 5) is 25.1. The Hall–Kier alpha value is -2.37. The number of halogens is 1. The van der Waals surface area contributed by atoms with E-state index in [4.69, 9.17) is 16.2 Å². The lowest BCUT2D eigenvalue weighted by molar-refractivity contribution is -0.143. The van der Waals surface area contributed by atoms with Gasteiger partial charge >= 0.3 is 5.97 Å². The fraction of sp³-hybridized carbons (Fsp3) is 0.294. The minimum atomic E-state index is -1.38. The molecule has 0 saturated carbocycles. The van der Waals surface area contributed by atoms with Crippen molar-refractivity contribution in [3.8, 4) is 5.75 Å². The SMILES string of the molecule is COc1ccc(Br)c(Sc2nc3c(N)ncnc3n2CC[C@@](C)(N)C(=O)O)c1. The van der Waals surface area contributed by atoms with Crippen LogP contribution in [0.5, 0.6) is 5.75 Å². The van der Waals surface area contributed by atoms with Crippen molar-refractivity contribution < 1.29 is 14.6 Å². The number of anilines is 1. The molecule has 0 saturated heterocycles. The molecule has 1 aromatic carbocycles. The van der Waals surface area contributed by atoms with Crippen LogP contribution in [0.1, 0.15) is 13.3 Å². The van der Waals surface area contributed by atoms with Crippen molar-refractivity contribution in [1.29, 1.82) is 0 Å². The van der Waals surface area contributed by atoms with Crippen LogP contribution < -0.4 is 16.2 Å². The summed E-state index contributed by atoms with van der Waals surface area (Å²) in [7, 11) is 1.59. The van der Waals surface area contributed by atoms with Crippen LogP contribution in [0.25, 0.3) is 11.2 Å². The standard InChI is InChI=1S/C17H19BrN6O3S/c1-17(20,15(25)26)5-6-24-14-12(13(19)21-8-22-14)23-16(24)28-11-7-9(27-2)3-4-10(11)18/h3-4,7-8H,5-6,20H2,1-2H3,(H,25,26)(H2,19,21,22)/t17-/m1/s1. The van der Waals surface area contributed by atoms with Crippen LogP contribution in [0.3, 0.4) is 0 Å². The highest BCUT2D eigenvalue weighted by Crippen LogP contribution is 2.37. The van der Waals surface area contributed by atoms with E-state index in [9.17, 15) is 9.90 Å². The molecule has 3 aromatic rings. The smallest absolute Gasteiger partial charge is 0.323 e. The van der Waals surface area contributed by atoms with E-state index in [0.717, 1.165) is 9.37 Å². The van der Waals surface area contributed by atoms with Gasteiger partial charge in [-0.05, 0) is 47.5 Å². The second-order valence-electron chi connectivity index (χ2n) is 6.35. The fourth-order valence-corrected chi connectivity index (χ4v) is 3.90. The highest BCUT2D eigenvalue weighted by molar-refractivity contribution is 9.10. The predicted molar refractivity (Wildman–Crippen MR) is 109 cm³/mol. The van der Waals surface area contributed by atoms with Crippen LogP contribution in [0.4, 0.5) is 5.82 Å². The van der Waals surface area contributed by atoms with Crippen LogP contribution in [0, 0.1) is 0 Å². The molecule has 1 atom stereocenters. The van der Waals surface area contributed by atoms with Gasteiger partial charge in [0.15, 0.2) is 22.1 Å². The van der Waals surface area contributed by atoms with Crippen molar-refractivity contribution in [3.63, 3.8) is 0 Å². The number of carboxylic acid groups (broad SMARTS) is 1. The Morgan fingerprint density at radius 3 is 2.86 bits per heavy atom. The van der Waals surface area contributed by atoms with Gasteiger partial charge in [0.2, 0.25) is 0 Å². The largest absolute Gasteiger partial charge is 0.497 e. The molecule has 0 unspecified atom stereocenters. The molecule has 28 heavy (non-hydrogen) atoms. The van der Waals surface area contributed by atoms with Gasteiger partial charge in [0.05, 0.1) is 7.11 Å². The van der Waals surface area contributed by atoms with Crippen molar-refractivity contribution in [3.05, 3.63) is 29.0 Å². The topological polar surface area (TPSA) is 142 Å². The molecule has 0 fully saturated rings. The maximum absolute atomic E-state index is 11.4. The number of aromatic nitrogens is 4. The van der Waals surface area contributed by atoms with Gasteiger partial charge in [0.1, 0.15) is 17.6 Å². The van der Waals surface area contributed by atoms with Crippen molar-refractivity contribution in [2.24, 2.45) is 5.73 Å². The zero-order valence-corrected chi connectivity index (χ0v) is 17.6. The highest BCUT2D eigenvalue weighted by atomic mass is 79.9. The third-order valence-corrected chi connectivity index (χ3v) is 6.21. The third-order valence-electron chi connectivity index (χ3n) is 4.21. The van der Waals surface area contributed by atoms with Crippen LogP contribution >= 0.6 is 27.7 Å². The average molecular weight is 467 g/mol. The molecule has 11 heteroatoms. The molecule has 0 aliphatic heterocycles. The van der Waals surface area contributed by atoms with Crippen molar-refractivity contribution in [2.75, 3.05) is 12.8 Å². The van der Waals surface area contributed by atoms with Crippen LogP contribution in [-0.2, 0) is 11.3 Å². The quantitative estimate of drug-likeness (QED) is 0.478. The molecular weight excluding hydrogens is 448 g/mol. The summed E-state index contributed by atoms with van der Waals surface area (Å²) in [5.41, 5.74) is 11.4. The predicted octanol–water partition coefficient (Wildman–Crippen LogP) is 2.52. The van der Waals surface area contributed by atoms with Gasteiger partial charge in [0.25, 0.3) is 0 Å². The van der Waals surface area contributed by atoms with E-state index >= 15 is 0 Å². The number of ether oxygens (including phenoxy) is 1. The molecule has 2 aromatic heterocycles. The van der Waals surface area contributed by atoms with Crippen molar-refractivity contribution in [2.45, 2.75) is 35.5 Å². The van der Waals surface area contributed by atoms with Crippen LogP contribution in [-0.4, -0.2) is 43.2 Å². The molecule has 5 N–H and O–H groups in total. The maximum Gasteiger partial charge on any atom is 0.323 e. The molecule has 9 nitrogen and oxygen atoms in total. The number of nitrogen functional groups attached to an aromatic ring is 1. The van der Waals surface area contributed by atoms with Gasteiger partial charge in [-0.3, -0.25) is 4.79 Å². The number of nitrogens with two attached hydrogens (primary N) is 2. The molecule has 0 spiro atoms. The number of hydrogen-bond donors (Lipinski definition) is 3. The van der Waals surface area contributed by atoms with Crippen LogP contribution in [0.2, 0.25) is 0 Å². The van der Waals surface area contributed by atoms with E-state index < -0.39 is 11.5 Å². The van der Waals surface area contributed by atoms with Gasteiger partial charge < -0.3 is 25.9 Å². The molecule has 0 amide bonds. The van der Waals surface area contributed by atoms with Gasteiger partial charge in [-0.25, -0.2) is 15.0 Å². The first-order valence-electron chi connectivity index (χ1n) is 8.23. The summed E-state index contributed by atoms with van der Waals surface area (Å²) in [5, 5.41) is 9.90. The van der Waals surface area contributed by atoms with E-state index in [0.29, 0.717) is 28.6 Å². The van der Waals surface area contributed by atoms with Gasteiger partial charge in [-0.1, -0.05) is 11.8 Å². The fourth-order valence-electron chi connectivity index (χ4n) is 2.45. The number of methoxy groups -OCH3 is 1. The Morgan fingerprint density at radius 1 is 1.43 bits per heavy atom. The Kier molecular flexibility index (Phi) is 5.77. The molecule has 0 aliphatic carbocycles. The van der Waals surface area contributed by atoms with E-state index in [2.05, 4.69) is 30.9 Å². The zero-order chi connectivity index (χ0) is 20.5. The molecule has 0 radical (unpaired) electrons. The number of carbonyl (C=O) groups is 1. The molecule has 148 valence electrons. The lowest BCUT2D eigenvalue weighted by Gasteiger charge is -2.20. The van der Waals surface area contributed by atoms with Gasteiger partial charge in [0, 0.05) is 15.9 Å². The Labute approximate surface area is 173 Å². The lowest BCUT2D eigenvalue weighted by atomic mass is 10.00. The number of aliphatic carboxylic acids is 1. The van der Waals surface area contributed by atoms with Gasteiger partial charge in [-0.2, -0.15) is 0 Å². The Bertz CT molecular complexity index is 1040. The van der Waals surface area contributed by atoms with Crippen molar-refractivity contribution >= 4 is 50.6 Å². The Morgan fingerprint density at radius 2 is 2.18 bits per heavy atom. The molecular formula is C17H19BrN6O3S. The van der Waals surface area contributed by atoms with E-state index in [1.165, 1.54) is 25.0 Å². The van der Waals surface area contributed by atoms with Crippen molar-refractivity contribution in [1.82, 2.24) is 19.5 Å². The second kappa shape index (κ2) is 7.94. The first kappa shape index (κ1) is 20.4. The zero-order valence-electron chi connectivity index (χ0n) is 15.2. The molecule has 2 heterocycles. The number of fused-ring (bicyclic) bond motifs is 1. The number of imidazole rings is 1. The highest BCUT2D eigenvalue weighted by Gasteiger charge is 2.28. The van der Waals surface area contributed by atoms with E-state index in [1.54, 1.807) is 11.7 Å². The number of rotatable bonds is 7. The summed E-state index contributed by atoms with van der Waals surface area (Å²) < 4.78 is 7.96. The average Bonchev–Trinajstić information content (AvgIpc) is 3.00. The summed E-state index contributed by atoms with van der Waals surface area (Å²) >= 11 is 4.90. The third kappa shape index (κ3) is 4.05. The molecule has 0 bridgehead atoms. The Balaban J connectivity index is 2.04. The lowest BCUT2D eigenvalue weighted by Crippen LogP contribution is -2.45. The van der Waals surface area contributed by atoms with Gasteiger partial charge in [-0.15, -0.1) is 0 Å². The summed E-state index contributed by atoms with van der Waals surface area (Å²) in [5.74, 6) is -0.118. The minimum Gasteiger partial charge on any atom is -0.497 e. The van der Waals surface area contributed by atoms with E-state index in [-0.39, 0.29) is 12.2 Å². The number of hydrogen-bond acceptors (Lipinski definition) is 8. The number of benzene rings is 1. The summed E-state index contributed by atoms with van der Waals surface area (Å²) in [6.45, 7) is 1.78. The number of carboxylic acids is 1. The summed E-state index contributed by atoms with van der Waals surface area (Å²) in [6.07, 6.45) is 1.54. The van der Waals surface area contributed by atoms with E-state index in [1.807, 2.05) is 18.2 Å². The first-order valence-corrected chi connectivity index (χ1v) is 9.84. The monoisotopic (exact) mass is 466 g/mol. The normalized spacial score (nSPS) is 13.4. The second-order valence-corrected chi connectivity index (χ2v) is 8.21. The first-order chi connectivity index (χ1) is 13.2. The summed E-state index contributed by atoms with van der Waals surface area (Å²) in [6, 6.07) is 5.59. The maximum atomic E-state index is 11.4. The molecule has 3 rings (SSSR count).